The molecule has 0 spiro atoms. The Hall–Kier alpha value is -1.83. The molecule has 0 unspecified atom stereocenters. The topological polar surface area (TPSA) is 88.8 Å². The van der Waals surface area contributed by atoms with E-state index in [4.69, 9.17) is 10.5 Å². The summed E-state index contributed by atoms with van der Waals surface area (Å²) in [5, 5.41) is 0.460. The van der Waals surface area contributed by atoms with Gasteiger partial charge in [0.05, 0.1) is 11.3 Å². The molecule has 2 amide bonds. The number of carbonyl (C=O) groups excluding carboxylic acids is 2. The molecule has 7 nitrogen and oxygen atoms in total. The maximum absolute atomic E-state index is 12.6. The summed E-state index contributed by atoms with van der Waals surface area (Å²) in [7, 11) is 0. The van der Waals surface area contributed by atoms with Gasteiger partial charge in [0.1, 0.15) is 10.6 Å². The van der Waals surface area contributed by atoms with Crippen LogP contribution in [0.2, 0.25) is 0 Å². The van der Waals surface area contributed by atoms with Gasteiger partial charge in [-0.2, -0.15) is 4.37 Å². The summed E-state index contributed by atoms with van der Waals surface area (Å²) in [5.74, 6) is -0.100. The van der Waals surface area contributed by atoms with Crippen molar-refractivity contribution >= 4 is 28.5 Å². The Morgan fingerprint density at radius 2 is 1.78 bits per heavy atom. The average Bonchev–Trinajstić information content (AvgIpc) is 2.86. The van der Waals surface area contributed by atoms with Crippen LogP contribution in [0, 0.1) is 0 Å². The number of aromatic nitrogens is 1. The van der Waals surface area contributed by atoms with Crippen molar-refractivity contribution in [2.75, 3.05) is 31.9 Å². The molecule has 0 bridgehead atoms. The number of nitrogens with zero attached hydrogens (tertiary/aromatic N) is 3. The zero-order valence-corrected chi connectivity index (χ0v) is 14.9. The monoisotopic (exact) mass is 340 g/mol. The van der Waals surface area contributed by atoms with Crippen LogP contribution in [0.15, 0.2) is 0 Å². The molecule has 0 aromatic carbocycles. The fourth-order valence-corrected chi connectivity index (χ4v) is 3.11. The third-order valence-electron chi connectivity index (χ3n) is 3.56. The lowest BCUT2D eigenvalue weighted by atomic mass is 10.1. The van der Waals surface area contributed by atoms with Crippen molar-refractivity contribution in [1.29, 1.82) is 0 Å². The van der Waals surface area contributed by atoms with Gasteiger partial charge in [-0.05, 0) is 38.7 Å². The van der Waals surface area contributed by atoms with Crippen LogP contribution in [0.5, 0.6) is 0 Å². The van der Waals surface area contributed by atoms with E-state index in [1.807, 2.05) is 27.7 Å². The van der Waals surface area contributed by atoms with Gasteiger partial charge in [-0.1, -0.05) is 6.92 Å². The minimum absolute atomic E-state index is 0.100. The predicted octanol–water partition coefficient (Wildman–Crippen LogP) is 1.98. The van der Waals surface area contributed by atoms with Crippen LogP contribution in [0.25, 0.3) is 0 Å². The molecule has 1 aliphatic heterocycles. The smallest absolute Gasteiger partial charge is 0.410 e. The summed E-state index contributed by atoms with van der Waals surface area (Å²) in [6, 6.07) is 0. The molecular weight excluding hydrogens is 316 g/mol. The molecule has 23 heavy (non-hydrogen) atoms. The summed E-state index contributed by atoms with van der Waals surface area (Å²) >= 11 is 1.16. The number of nitrogen functional groups attached to an aromatic ring is 1. The van der Waals surface area contributed by atoms with Crippen molar-refractivity contribution < 1.29 is 14.3 Å². The van der Waals surface area contributed by atoms with Gasteiger partial charge in [0.25, 0.3) is 5.91 Å². The number of anilines is 1. The Labute approximate surface area is 140 Å². The number of amides is 2. The molecule has 0 atom stereocenters. The first-order valence-corrected chi connectivity index (χ1v) is 8.51. The average molecular weight is 340 g/mol. The van der Waals surface area contributed by atoms with Gasteiger partial charge in [-0.25, -0.2) is 4.79 Å². The zero-order chi connectivity index (χ0) is 17.2. The molecule has 2 rings (SSSR count). The van der Waals surface area contributed by atoms with Gasteiger partial charge in [-0.3, -0.25) is 4.79 Å². The lowest BCUT2D eigenvalue weighted by Crippen LogP contribution is -2.51. The lowest BCUT2D eigenvalue weighted by molar-refractivity contribution is 0.0141. The Morgan fingerprint density at radius 1 is 1.22 bits per heavy atom. The highest BCUT2D eigenvalue weighted by molar-refractivity contribution is 7.10. The number of hydrogen-bond donors (Lipinski definition) is 1. The molecule has 0 saturated carbocycles. The SMILES string of the molecule is CCc1nsc(N)c1C(=O)N1CCN(C(=O)OC(C)(C)C)CC1. The summed E-state index contributed by atoms with van der Waals surface area (Å²) in [6.07, 6.45) is 0.336. The van der Waals surface area contributed by atoms with Crippen LogP contribution >= 0.6 is 11.5 Å². The quantitative estimate of drug-likeness (QED) is 0.889. The molecule has 0 radical (unpaired) electrons. The van der Waals surface area contributed by atoms with Crippen molar-refractivity contribution in [3.8, 4) is 0 Å². The predicted molar refractivity (Wildman–Crippen MR) is 89.6 cm³/mol. The zero-order valence-electron chi connectivity index (χ0n) is 14.1. The van der Waals surface area contributed by atoms with Crippen LogP contribution < -0.4 is 5.73 Å². The van der Waals surface area contributed by atoms with E-state index in [9.17, 15) is 9.59 Å². The fourth-order valence-electron chi connectivity index (χ4n) is 2.38. The number of hydrogen-bond acceptors (Lipinski definition) is 6. The van der Waals surface area contributed by atoms with E-state index in [0.717, 1.165) is 17.2 Å². The number of aryl methyl sites for hydroxylation is 1. The number of carbonyl (C=O) groups is 2. The summed E-state index contributed by atoms with van der Waals surface area (Å²) < 4.78 is 9.57. The number of rotatable bonds is 2. The molecule has 0 aliphatic carbocycles. The van der Waals surface area contributed by atoms with Crippen LogP contribution in [0.3, 0.4) is 0 Å². The van der Waals surface area contributed by atoms with Crippen LogP contribution in [-0.4, -0.2) is 58.0 Å². The minimum Gasteiger partial charge on any atom is -0.444 e. The van der Waals surface area contributed by atoms with Gasteiger partial charge in [0, 0.05) is 26.2 Å². The van der Waals surface area contributed by atoms with Gasteiger partial charge < -0.3 is 20.3 Å². The van der Waals surface area contributed by atoms with E-state index in [1.165, 1.54) is 0 Å². The third kappa shape index (κ3) is 4.13. The number of piperazine rings is 1. The van der Waals surface area contributed by atoms with Crippen molar-refractivity contribution in [3.05, 3.63) is 11.3 Å². The van der Waals surface area contributed by atoms with Crippen LogP contribution in [0.1, 0.15) is 43.7 Å². The van der Waals surface area contributed by atoms with Gasteiger partial charge in [-0.15, -0.1) is 0 Å². The van der Waals surface area contributed by atoms with Gasteiger partial charge in [0.15, 0.2) is 0 Å². The Kier molecular flexibility index (Phi) is 5.13. The molecule has 1 aromatic heterocycles. The first-order chi connectivity index (χ1) is 10.7. The Morgan fingerprint density at radius 3 is 2.30 bits per heavy atom. The third-order valence-corrected chi connectivity index (χ3v) is 4.27. The van der Waals surface area contributed by atoms with Crippen molar-refractivity contribution in [2.45, 2.75) is 39.7 Å². The molecule has 8 heteroatoms. The largest absolute Gasteiger partial charge is 0.444 e. The molecule has 1 aliphatic rings. The molecule has 1 fully saturated rings. The maximum Gasteiger partial charge on any atom is 0.410 e. The summed E-state index contributed by atoms with van der Waals surface area (Å²) in [4.78, 5) is 28.0. The van der Waals surface area contributed by atoms with Gasteiger partial charge >= 0.3 is 6.09 Å². The standard InChI is InChI=1S/C15H24N4O3S/c1-5-10-11(12(16)23-17-10)13(20)18-6-8-19(9-7-18)14(21)22-15(2,3)4/h5-9,16H2,1-4H3. The molecular formula is C15H24N4O3S. The maximum atomic E-state index is 12.6. The first kappa shape index (κ1) is 17.5. The highest BCUT2D eigenvalue weighted by atomic mass is 32.1. The Balaban J connectivity index is 1.98. The van der Waals surface area contributed by atoms with E-state index in [0.29, 0.717) is 43.2 Å². The minimum atomic E-state index is -0.517. The second-order valence-corrected chi connectivity index (χ2v) is 7.29. The highest BCUT2D eigenvalue weighted by Crippen LogP contribution is 2.24. The van der Waals surface area contributed by atoms with E-state index >= 15 is 0 Å². The normalized spacial score (nSPS) is 15.7. The first-order valence-electron chi connectivity index (χ1n) is 7.74. The van der Waals surface area contributed by atoms with Crippen molar-refractivity contribution in [2.24, 2.45) is 0 Å². The molecule has 2 N–H and O–H groups in total. The van der Waals surface area contributed by atoms with E-state index in [-0.39, 0.29) is 12.0 Å². The Bertz CT molecular complexity index is 586. The van der Waals surface area contributed by atoms with E-state index < -0.39 is 5.60 Å². The molecule has 1 saturated heterocycles. The van der Waals surface area contributed by atoms with Gasteiger partial charge in [0.2, 0.25) is 0 Å². The van der Waals surface area contributed by atoms with Crippen molar-refractivity contribution in [1.82, 2.24) is 14.2 Å². The second kappa shape index (κ2) is 6.74. The lowest BCUT2D eigenvalue weighted by Gasteiger charge is -2.35. The molecule has 128 valence electrons. The van der Waals surface area contributed by atoms with E-state index in [1.54, 1.807) is 9.80 Å². The van der Waals surface area contributed by atoms with Crippen molar-refractivity contribution in [3.63, 3.8) is 0 Å². The molecule has 1 aromatic rings. The summed E-state index contributed by atoms with van der Waals surface area (Å²) in [6.45, 7) is 9.31. The van der Waals surface area contributed by atoms with Crippen LogP contribution in [-0.2, 0) is 11.2 Å². The van der Waals surface area contributed by atoms with E-state index in [2.05, 4.69) is 4.37 Å². The van der Waals surface area contributed by atoms with Crippen LogP contribution in [0.4, 0.5) is 9.80 Å². The number of ether oxygens (including phenoxy) is 1. The second-order valence-electron chi connectivity index (χ2n) is 6.48. The summed E-state index contributed by atoms with van der Waals surface area (Å²) in [5.41, 5.74) is 6.64. The number of nitrogens with two attached hydrogens (primary N) is 1. The highest BCUT2D eigenvalue weighted by Gasteiger charge is 2.30. The fraction of sp³-hybridized carbons (Fsp3) is 0.667. The molecule has 2 heterocycles.